The molecule has 1 saturated carbocycles. The van der Waals surface area contributed by atoms with Crippen LogP contribution in [0.1, 0.15) is 46.2 Å². The molecule has 4 N–H and O–H groups in total. The van der Waals surface area contributed by atoms with Crippen LogP contribution >= 0.6 is 11.3 Å². The molecular weight excluding hydrogens is 262 g/mol. The zero-order valence-electron chi connectivity index (χ0n) is 11.2. The third-order valence-electron chi connectivity index (χ3n) is 3.25. The Morgan fingerprint density at radius 1 is 1.42 bits per heavy atom. The van der Waals surface area contributed by atoms with Crippen molar-refractivity contribution in [3.8, 4) is 0 Å². The maximum atomic E-state index is 12.2. The summed E-state index contributed by atoms with van der Waals surface area (Å²) in [6, 6.07) is 0. The van der Waals surface area contributed by atoms with Crippen molar-refractivity contribution in [1.29, 1.82) is 0 Å². The Hall–Kier alpha value is -1.56. The fourth-order valence-electron chi connectivity index (χ4n) is 2.09. The highest BCUT2D eigenvalue weighted by atomic mass is 32.1. The average molecular weight is 281 g/mol. The number of anilines is 2. The van der Waals surface area contributed by atoms with Crippen molar-refractivity contribution < 1.29 is 9.59 Å². The lowest BCUT2D eigenvalue weighted by Crippen LogP contribution is -2.21. The van der Waals surface area contributed by atoms with Crippen molar-refractivity contribution in [3.05, 3.63) is 10.4 Å². The molecule has 0 spiro atoms. The summed E-state index contributed by atoms with van der Waals surface area (Å²) >= 11 is 1.29. The van der Waals surface area contributed by atoms with Crippen molar-refractivity contribution in [1.82, 2.24) is 0 Å². The van der Waals surface area contributed by atoms with Crippen molar-refractivity contribution in [3.63, 3.8) is 0 Å². The lowest BCUT2D eigenvalue weighted by molar-refractivity contribution is 0.0972. The number of nitrogens with two attached hydrogens (primary N) is 2. The van der Waals surface area contributed by atoms with E-state index < -0.39 is 5.91 Å². The zero-order valence-corrected chi connectivity index (χ0v) is 12.0. The highest BCUT2D eigenvalue weighted by molar-refractivity contribution is 7.19. The van der Waals surface area contributed by atoms with E-state index >= 15 is 0 Å². The monoisotopic (exact) mass is 281 g/mol. The van der Waals surface area contributed by atoms with E-state index in [1.54, 1.807) is 0 Å². The van der Waals surface area contributed by atoms with E-state index in [4.69, 9.17) is 11.5 Å². The van der Waals surface area contributed by atoms with Crippen LogP contribution in [-0.2, 0) is 0 Å². The number of ketones is 1. The number of nitrogens with zero attached hydrogens (tertiary/aromatic N) is 1. The number of carbonyl (C=O) groups excluding carboxylic acids is 2. The van der Waals surface area contributed by atoms with Crippen LogP contribution in [0, 0.1) is 5.92 Å². The van der Waals surface area contributed by atoms with Gasteiger partial charge < -0.3 is 16.4 Å². The summed E-state index contributed by atoms with van der Waals surface area (Å²) in [4.78, 5) is 26.2. The summed E-state index contributed by atoms with van der Waals surface area (Å²) < 4.78 is 0. The molecule has 0 aromatic carbocycles. The van der Waals surface area contributed by atoms with Gasteiger partial charge in [0.2, 0.25) is 0 Å². The van der Waals surface area contributed by atoms with E-state index in [2.05, 4.69) is 0 Å². The molecule has 0 aliphatic heterocycles. The topological polar surface area (TPSA) is 89.4 Å². The first-order chi connectivity index (χ1) is 8.97. The molecule has 1 aliphatic carbocycles. The SMILES string of the molecule is CCCN(C)c1sc(C(=O)C2CC2)c(N)c1C(N)=O. The summed E-state index contributed by atoms with van der Waals surface area (Å²) in [7, 11) is 1.88. The van der Waals surface area contributed by atoms with Gasteiger partial charge in [0.1, 0.15) is 5.00 Å². The minimum absolute atomic E-state index is 0.0566. The minimum atomic E-state index is -0.568. The third kappa shape index (κ3) is 2.58. The number of nitrogen functional groups attached to an aromatic ring is 1. The van der Waals surface area contributed by atoms with Gasteiger partial charge in [-0.15, -0.1) is 11.3 Å². The fourth-order valence-corrected chi connectivity index (χ4v) is 3.32. The summed E-state index contributed by atoms with van der Waals surface area (Å²) in [5.41, 5.74) is 11.9. The molecule has 2 rings (SSSR count). The second-order valence-corrected chi connectivity index (χ2v) is 5.95. The van der Waals surface area contributed by atoms with Crippen LogP contribution in [-0.4, -0.2) is 25.3 Å². The van der Waals surface area contributed by atoms with Gasteiger partial charge in [0.25, 0.3) is 5.91 Å². The summed E-state index contributed by atoms with van der Waals surface area (Å²) in [5, 5.41) is 0.704. The predicted octanol–water partition coefficient (Wildman–Crippen LogP) is 1.87. The van der Waals surface area contributed by atoms with Crippen molar-refractivity contribution in [2.75, 3.05) is 24.2 Å². The largest absolute Gasteiger partial charge is 0.397 e. The molecule has 5 nitrogen and oxygen atoms in total. The third-order valence-corrected chi connectivity index (χ3v) is 4.58. The van der Waals surface area contributed by atoms with Gasteiger partial charge in [-0.1, -0.05) is 6.92 Å². The van der Waals surface area contributed by atoms with Crippen molar-refractivity contribution in [2.24, 2.45) is 11.7 Å². The first-order valence-corrected chi connectivity index (χ1v) is 7.26. The molecule has 0 bridgehead atoms. The molecule has 0 atom stereocenters. The first-order valence-electron chi connectivity index (χ1n) is 6.44. The molecule has 6 heteroatoms. The number of hydrogen-bond donors (Lipinski definition) is 2. The Labute approximate surface area is 116 Å². The van der Waals surface area contributed by atoms with E-state index in [1.807, 2.05) is 18.9 Å². The van der Waals surface area contributed by atoms with Gasteiger partial charge in [0, 0.05) is 19.5 Å². The van der Waals surface area contributed by atoms with Crippen LogP contribution in [0.15, 0.2) is 0 Å². The number of hydrogen-bond acceptors (Lipinski definition) is 5. The molecule has 1 amide bonds. The highest BCUT2D eigenvalue weighted by Crippen LogP contribution is 2.42. The van der Waals surface area contributed by atoms with E-state index in [0.717, 1.165) is 25.8 Å². The zero-order chi connectivity index (χ0) is 14.2. The normalized spacial score (nSPS) is 14.4. The van der Waals surface area contributed by atoms with E-state index in [0.29, 0.717) is 15.4 Å². The smallest absolute Gasteiger partial charge is 0.253 e. The Kier molecular flexibility index (Phi) is 3.80. The number of amides is 1. The van der Waals surface area contributed by atoms with Gasteiger partial charge in [-0.25, -0.2) is 0 Å². The lowest BCUT2D eigenvalue weighted by atomic mass is 10.1. The maximum Gasteiger partial charge on any atom is 0.253 e. The molecule has 19 heavy (non-hydrogen) atoms. The Morgan fingerprint density at radius 3 is 2.53 bits per heavy atom. The van der Waals surface area contributed by atoms with Gasteiger partial charge in [0.05, 0.1) is 16.1 Å². The van der Waals surface area contributed by atoms with Gasteiger partial charge in [0.15, 0.2) is 5.78 Å². The Morgan fingerprint density at radius 2 is 2.05 bits per heavy atom. The van der Waals surface area contributed by atoms with Crippen LogP contribution < -0.4 is 16.4 Å². The first kappa shape index (κ1) is 13.9. The molecule has 0 unspecified atom stereocenters. The molecule has 104 valence electrons. The molecule has 0 radical (unpaired) electrons. The number of rotatable bonds is 6. The molecule has 1 fully saturated rings. The number of carbonyl (C=O) groups is 2. The van der Waals surface area contributed by atoms with Gasteiger partial charge in [-0.3, -0.25) is 9.59 Å². The van der Waals surface area contributed by atoms with Crippen molar-refractivity contribution in [2.45, 2.75) is 26.2 Å². The Bertz CT molecular complexity index is 520. The van der Waals surface area contributed by atoms with Crippen LogP contribution in [0.3, 0.4) is 0 Å². The van der Waals surface area contributed by atoms with Crippen molar-refractivity contribution >= 4 is 33.7 Å². The predicted molar refractivity (Wildman–Crippen MR) is 77.9 cm³/mol. The second-order valence-electron chi connectivity index (χ2n) is 4.95. The maximum absolute atomic E-state index is 12.2. The second kappa shape index (κ2) is 5.21. The van der Waals surface area contributed by atoms with Crippen LogP contribution in [0.25, 0.3) is 0 Å². The highest BCUT2D eigenvalue weighted by Gasteiger charge is 2.35. The van der Waals surface area contributed by atoms with Crippen LogP contribution in [0.5, 0.6) is 0 Å². The number of primary amides is 1. The van der Waals surface area contributed by atoms with Crippen LogP contribution in [0.2, 0.25) is 0 Å². The molecule has 1 aromatic heterocycles. The number of Topliss-reactive ketones (excluding diaryl/α,β-unsaturated/α-hetero) is 1. The molecule has 1 aliphatic rings. The summed E-state index contributed by atoms with van der Waals surface area (Å²) in [5.74, 6) is -0.422. The van der Waals surface area contributed by atoms with Gasteiger partial charge in [-0.2, -0.15) is 0 Å². The molecule has 1 heterocycles. The van der Waals surface area contributed by atoms with Gasteiger partial charge >= 0.3 is 0 Å². The van der Waals surface area contributed by atoms with E-state index in [1.165, 1.54) is 11.3 Å². The van der Waals surface area contributed by atoms with E-state index in [9.17, 15) is 9.59 Å². The summed E-state index contributed by atoms with van der Waals surface area (Å²) in [6.45, 7) is 2.84. The van der Waals surface area contributed by atoms with Crippen LogP contribution in [0.4, 0.5) is 10.7 Å². The fraction of sp³-hybridized carbons (Fsp3) is 0.538. The van der Waals surface area contributed by atoms with Gasteiger partial charge in [-0.05, 0) is 19.3 Å². The van der Waals surface area contributed by atoms with E-state index in [-0.39, 0.29) is 17.4 Å². The Balaban J connectivity index is 2.43. The number of thiophene rings is 1. The molecule has 1 aromatic rings. The summed E-state index contributed by atoms with van der Waals surface area (Å²) in [6.07, 6.45) is 2.78. The molecule has 0 saturated heterocycles. The molecular formula is C13H19N3O2S. The standard InChI is InChI=1S/C13H19N3O2S/c1-3-6-16(2)13-8(12(15)18)9(14)11(19-13)10(17)7-4-5-7/h7H,3-6,14H2,1-2H3,(H2,15,18). The lowest BCUT2D eigenvalue weighted by Gasteiger charge is -2.17. The quantitative estimate of drug-likeness (QED) is 0.779. The minimum Gasteiger partial charge on any atom is -0.397 e. The average Bonchev–Trinajstić information content (AvgIpc) is 3.12.